The highest BCUT2D eigenvalue weighted by Gasteiger charge is 2.39. The molecule has 0 amide bonds. The summed E-state index contributed by atoms with van der Waals surface area (Å²) in [5.74, 6) is 1.56. The largest absolute Gasteiger partial charge is 0.304 e. The summed E-state index contributed by atoms with van der Waals surface area (Å²) in [5.41, 5.74) is 0. The summed E-state index contributed by atoms with van der Waals surface area (Å²) in [6.07, 6.45) is 8.46. The van der Waals surface area contributed by atoms with Gasteiger partial charge in [0.15, 0.2) is 5.78 Å². The fourth-order valence-corrected chi connectivity index (χ4v) is 3.51. The molecule has 2 heteroatoms. The van der Waals surface area contributed by atoms with Crippen LogP contribution in [-0.4, -0.2) is 17.9 Å². The van der Waals surface area contributed by atoms with Gasteiger partial charge in [-0.2, -0.15) is 0 Å². The Morgan fingerprint density at radius 2 is 1.94 bits per heavy atom. The lowest BCUT2D eigenvalue weighted by Gasteiger charge is -2.24. The zero-order valence-corrected chi connectivity index (χ0v) is 10.7. The van der Waals surface area contributed by atoms with Crippen molar-refractivity contribution in [3.8, 4) is 0 Å². The highest BCUT2D eigenvalue weighted by molar-refractivity contribution is 5.86. The molecular weight excluding hydrogens is 198 g/mol. The number of Topliss-reactive ketones (excluding diaryl/α,β-unsaturated/α-hetero) is 1. The molecule has 16 heavy (non-hydrogen) atoms. The monoisotopic (exact) mass is 223 g/mol. The number of carbonyl (C=O) groups is 1. The number of rotatable bonds is 4. The minimum absolute atomic E-state index is 0.179. The topological polar surface area (TPSA) is 29.1 Å². The van der Waals surface area contributed by atoms with Gasteiger partial charge in [0, 0.05) is 12.0 Å². The van der Waals surface area contributed by atoms with Gasteiger partial charge in [-0.1, -0.05) is 26.7 Å². The van der Waals surface area contributed by atoms with E-state index >= 15 is 0 Å². The molecule has 0 bridgehead atoms. The Hall–Kier alpha value is -0.370. The molecule has 3 unspecified atom stereocenters. The molecule has 2 aliphatic rings. The van der Waals surface area contributed by atoms with Crippen LogP contribution in [0.3, 0.4) is 0 Å². The minimum atomic E-state index is 0.179. The fraction of sp³-hybridized carbons (Fsp3) is 0.929. The lowest BCUT2D eigenvalue weighted by Crippen LogP contribution is -2.39. The summed E-state index contributed by atoms with van der Waals surface area (Å²) in [6, 6.07) is 0.829. The van der Waals surface area contributed by atoms with Gasteiger partial charge in [0.2, 0.25) is 0 Å². The van der Waals surface area contributed by atoms with Crippen molar-refractivity contribution in [1.82, 2.24) is 5.32 Å². The summed E-state index contributed by atoms with van der Waals surface area (Å²) in [6.45, 7) is 4.27. The molecule has 1 heterocycles. The van der Waals surface area contributed by atoms with Crippen molar-refractivity contribution in [2.24, 2.45) is 11.8 Å². The van der Waals surface area contributed by atoms with E-state index in [9.17, 15) is 4.79 Å². The molecule has 0 aromatic carbocycles. The van der Waals surface area contributed by atoms with E-state index in [-0.39, 0.29) is 12.0 Å². The van der Waals surface area contributed by atoms with Gasteiger partial charge in [-0.3, -0.25) is 4.79 Å². The van der Waals surface area contributed by atoms with Crippen molar-refractivity contribution in [3.63, 3.8) is 0 Å². The second-order valence-electron chi connectivity index (χ2n) is 5.52. The first-order chi connectivity index (χ1) is 7.76. The normalized spacial score (nSPS) is 34.1. The zero-order chi connectivity index (χ0) is 11.5. The highest BCUT2D eigenvalue weighted by atomic mass is 16.1. The third kappa shape index (κ3) is 2.32. The van der Waals surface area contributed by atoms with E-state index in [0.717, 1.165) is 25.2 Å². The molecule has 2 rings (SSSR count). The lowest BCUT2D eigenvalue weighted by atomic mass is 9.84. The van der Waals surface area contributed by atoms with Gasteiger partial charge in [0.1, 0.15) is 0 Å². The van der Waals surface area contributed by atoms with E-state index < -0.39 is 0 Å². The molecule has 3 atom stereocenters. The van der Waals surface area contributed by atoms with Crippen molar-refractivity contribution in [3.05, 3.63) is 0 Å². The zero-order valence-electron chi connectivity index (χ0n) is 10.7. The molecule has 2 nitrogen and oxygen atoms in total. The van der Waals surface area contributed by atoms with Gasteiger partial charge in [0.05, 0.1) is 6.04 Å². The van der Waals surface area contributed by atoms with Gasteiger partial charge in [-0.15, -0.1) is 0 Å². The molecule has 2 fully saturated rings. The summed E-state index contributed by atoms with van der Waals surface area (Å²) in [5, 5.41) is 3.59. The summed E-state index contributed by atoms with van der Waals surface area (Å²) in [4.78, 5) is 12.3. The second kappa shape index (κ2) is 5.31. The number of nitrogens with one attached hydrogen (secondary N) is 1. The Kier molecular flexibility index (Phi) is 4.01. The van der Waals surface area contributed by atoms with Gasteiger partial charge in [-0.25, -0.2) is 0 Å². The summed E-state index contributed by atoms with van der Waals surface area (Å²) >= 11 is 0. The van der Waals surface area contributed by atoms with Crippen molar-refractivity contribution in [2.45, 2.75) is 70.9 Å². The standard InChI is InChI=1S/C14H25NO/c1-3-10(4-2)14(16)13-9-11-7-5-6-8-12(11)15-13/h10-13,15H,3-9H2,1-2H3. The van der Waals surface area contributed by atoms with Crippen LogP contribution in [0.1, 0.15) is 58.8 Å². The quantitative estimate of drug-likeness (QED) is 0.794. The molecular formula is C14H25NO. The van der Waals surface area contributed by atoms with Crippen LogP contribution in [0.15, 0.2) is 0 Å². The Labute approximate surface area is 99.2 Å². The Balaban J connectivity index is 1.94. The van der Waals surface area contributed by atoms with Crippen molar-refractivity contribution < 1.29 is 4.79 Å². The number of ketones is 1. The predicted octanol–water partition coefficient (Wildman–Crippen LogP) is 2.91. The predicted molar refractivity (Wildman–Crippen MR) is 66.4 cm³/mol. The number of carbonyl (C=O) groups excluding carboxylic acids is 1. The third-order valence-corrected chi connectivity index (χ3v) is 4.59. The smallest absolute Gasteiger partial charge is 0.152 e. The SMILES string of the molecule is CCC(CC)C(=O)C1CC2CCCCC2N1. The van der Waals surface area contributed by atoms with Crippen LogP contribution in [0.25, 0.3) is 0 Å². The first-order valence-electron chi connectivity index (χ1n) is 7.06. The van der Waals surface area contributed by atoms with Gasteiger partial charge in [0.25, 0.3) is 0 Å². The number of fused-ring (bicyclic) bond motifs is 1. The number of hydrogen-bond donors (Lipinski definition) is 1. The molecule has 1 saturated carbocycles. The molecule has 0 aromatic heterocycles. The molecule has 1 aliphatic carbocycles. The maximum atomic E-state index is 12.3. The summed E-state index contributed by atoms with van der Waals surface area (Å²) < 4.78 is 0. The average Bonchev–Trinajstić information content (AvgIpc) is 2.74. The second-order valence-corrected chi connectivity index (χ2v) is 5.52. The van der Waals surface area contributed by atoms with E-state index in [0.29, 0.717) is 11.8 Å². The van der Waals surface area contributed by atoms with Crippen LogP contribution in [0.5, 0.6) is 0 Å². The van der Waals surface area contributed by atoms with Crippen molar-refractivity contribution in [1.29, 1.82) is 0 Å². The first kappa shape index (κ1) is 12.1. The molecule has 1 saturated heterocycles. The van der Waals surface area contributed by atoms with Crippen LogP contribution in [0, 0.1) is 11.8 Å². The molecule has 0 spiro atoms. The average molecular weight is 223 g/mol. The molecule has 1 aliphatic heterocycles. The van der Waals surface area contributed by atoms with E-state index in [2.05, 4.69) is 19.2 Å². The molecule has 0 aromatic rings. The van der Waals surface area contributed by atoms with Gasteiger partial charge in [-0.05, 0) is 38.0 Å². The Morgan fingerprint density at radius 1 is 1.25 bits per heavy atom. The molecule has 0 radical (unpaired) electrons. The maximum absolute atomic E-state index is 12.3. The van der Waals surface area contributed by atoms with E-state index in [1.54, 1.807) is 0 Å². The molecule has 92 valence electrons. The van der Waals surface area contributed by atoms with E-state index in [4.69, 9.17) is 0 Å². The Bertz CT molecular complexity index is 233. The van der Waals surface area contributed by atoms with E-state index in [1.165, 1.54) is 25.7 Å². The third-order valence-electron chi connectivity index (χ3n) is 4.59. The maximum Gasteiger partial charge on any atom is 0.152 e. The van der Waals surface area contributed by atoms with E-state index in [1.807, 2.05) is 0 Å². The highest BCUT2D eigenvalue weighted by Crippen LogP contribution is 2.34. The molecule has 1 N–H and O–H groups in total. The Morgan fingerprint density at radius 3 is 2.56 bits per heavy atom. The van der Waals surface area contributed by atoms with Crippen LogP contribution in [0.4, 0.5) is 0 Å². The first-order valence-corrected chi connectivity index (χ1v) is 7.06. The van der Waals surface area contributed by atoms with Crippen molar-refractivity contribution >= 4 is 5.78 Å². The van der Waals surface area contributed by atoms with Crippen LogP contribution < -0.4 is 5.32 Å². The van der Waals surface area contributed by atoms with Crippen molar-refractivity contribution in [2.75, 3.05) is 0 Å². The van der Waals surface area contributed by atoms with Crippen LogP contribution >= 0.6 is 0 Å². The minimum Gasteiger partial charge on any atom is -0.304 e. The fourth-order valence-electron chi connectivity index (χ4n) is 3.51. The van der Waals surface area contributed by atoms with Gasteiger partial charge >= 0.3 is 0 Å². The lowest BCUT2D eigenvalue weighted by molar-refractivity contribution is -0.124. The number of hydrogen-bond acceptors (Lipinski definition) is 2. The van der Waals surface area contributed by atoms with Crippen LogP contribution in [0.2, 0.25) is 0 Å². The summed E-state index contributed by atoms with van der Waals surface area (Å²) in [7, 11) is 0. The van der Waals surface area contributed by atoms with Gasteiger partial charge < -0.3 is 5.32 Å². The van der Waals surface area contributed by atoms with Crippen LogP contribution in [-0.2, 0) is 4.79 Å².